The lowest BCUT2D eigenvalue weighted by atomic mass is 9.87. The van der Waals surface area contributed by atoms with E-state index in [1.54, 1.807) is 5.56 Å². The van der Waals surface area contributed by atoms with Crippen molar-refractivity contribution in [1.29, 1.82) is 0 Å². The van der Waals surface area contributed by atoms with E-state index in [1.807, 2.05) is 0 Å². The van der Waals surface area contributed by atoms with Gasteiger partial charge >= 0.3 is 0 Å². The van der Waals surface area contributed by atoms with Gasteiger partial charge in [-0.15, -0.1) is 0 Å². The molecule has 0 radical (unpaired) electrons. The van der Waals surface area contributed by atoms with Crippen LogP contribution in [0.3, 0.4) is 0 Å². The molecule has 1 aliphatic carbocycles. The molecule has 23 heavy (non-hydrogen) atoms. The summed E-state index contributed by atoms with van der Waals surface area (Å²) in [7, 11) is 2.22. The van der Waals surface area contributed by atoms with Crippen LogP contribution in [0.1, 0.15) is 24.1 Å². The molecule has 0 saturated heterocycles. The maximum Gasteiger partial charge on any atom is 0.213 e. The standard InChI is InChI=1S/C22H22N/c1-23-21-15-9-8-14-19(21)20(17-10-4-2-5-11-17)16-22(23)18-12-6-3-7-13-18/h2-7,10-13,16H,8-9,14-15H2,1H3/q+1. The molecular weight excluding hydrogens is 278 g/mol. The zero-order valence-electron chi connectivity index (χ0n) is 13.6. The average molecular weight is 300 g/mol. The van der Waals surface area contributed by atoms with E-state index in [4.69, 9.17) is 0 Å². The third-order valence-electron chi connectivity index (χ3n) is 4.97. The largest absolute Gasteiger partial charge is 0.213 e. The van der Waals surface area contributed by atoms with E-state index in [2.05, 4.69) is 78.3 Å². The predicted molar refractivity (Wildman–Crippen MR) is 95.1 cm³/mol. The van der Waals surface area contributed by atoms with Gasteiger partial charge in [0.05, 0.1) is 0 Å². The Morgan fingerprint density at radius 2 is 1.35 bits per heavy atom. The lowest BCUT2D eigenvalue weighted by molar-refractivity contribution is -0.668. The molecule has 0 aliphatic heterocycles. The molecule has 0 fully saturated rings. The van der Waals surface area contributed by atoms with Crippen molar-refractivity contribution in [3.05, 3.63) is 78.0 Å². The molecule has 4 rings (SSSR count). The van der Waals surface area contributed by atoms with E-state index in [9.17, 15) is 0 Å². The first-order valence-corrected chi connectivity index (χ1v) is 8.50. The number of fused-ring (bicyclic) bond motifs is 1. The third kappa shape index (κ3) is 2.57. The van der Waals surface area contributed by atoms with Crippen molar-refractivity contribution in [2.75, 3.05) is 0 Å². The van der Waals surface area contributed by atoms with E-state index in [-0.39, 0.29) is 0 Å². The summed E-state index contributed by atoms with van der Waals surface area (Å²) < 4.78 is 2.41. The highest BCUT2D eigenvalue weighted by Crippen LogP contribution is 2.32. The van der Waals surface area contributed by atoms with E-state index in [1.165, 1.54) is 53.8 Å². The Kier molecular flexibility index (Phi) is 3.70. The number of nitrogens with zero attached hydrogens (tertiary/aromatic N) is 1. The van der Waals surface area contributed by atoms with Crippen LogP contribution < -0.4 is 4.57 Å². The van der Waals surface area contributed by atoms with Gasteiger partial charge in [0.15, 0.2) is 5.69 Å². The quantitative estimate of drug-likeness (QED) is 0.603. The van der Waals surface area contributed by atoms with Gasteiger partial charge in [0.25, 0.3) is 0 Å². The van der Waals surface area contributed by atoms with Crippen LogP contribution in [0.4, 0.5) is 0 Å². The van der Waals surface area contributed by atoms with Crippen molar-refractivity contribution in [2.45, 2.75) is 25.7 Å². The van der Waals surface area contributed by atoms with Crippen molar-refractivity contribution in [3.8, 4) is 22.4 Å². The molecule has 0 amide bonds. The van der Waals surface area contributed by atoms with E-state index >= 15 is 0 Å². The lowest BCUT2D eigenvalue weighted by Crippen LogP contribution is -2.39. The van der Waals surface area contributed by atoms with Gasteiger partial charge in [-0.2, -0.15) is 4.57 Å². The minimum absolute atomic E-state index is 1.19. The first kappa shape index (κ1) is 14.2. The van der Waals surface area contributed by atoms with Gasteiger partial charge in [0, 0.05) is 23.6 Å². The van der Waals surface area contributed by atoms with Crippen LogP contribution in [-0.4, -0.2) is 0 Å². The van der Waals surface area contributed by atoms with E-state index in [0.717, 1.165) is 0 Å². The average Bonchev–Trinajstić information content (AvgIpc) is 2.64. The molecule has 0 bridgehead atoms. The van der Waals surface area contributed by atoms with Crippen LogP contribution in [0.15, 0.2) is 66.7 Å². The highest BCUT2D eigenvalue weighted by Gasteiger charge is 2.26. The lowest BCUT2D eigenvalue weighted by Gasteiger charge is -2.19. The van der Waals surface area contributed by atoms with Crippen molar-refractivity contribution in [2.24, 2.45) is 7.05 Å². The zero-order valence-corrected chi connectivity index (χ0v) is 13.6. The molecule has 1 aliphatic rings. The second kappa shape index (κ2) is 6.00. The Bertz CT molecular complexity index is 820. The Morgan fingerprint density at radius 1 is 0.739 bits per heavy atom. The van der Waals surface area contributed by atoms with Gasteiger partial charge in [-0.1, -0.05) is 48.5 Å². The molecule has 114 valence electrons. The first-order chi connectivity index (χ1) is 11.3. The summed E-state index contributed by atoms with van der Waals surface area (Å²) >= 11 is 0. The minimum Gasteiger partial charge on any atom is -0.198 e. The molecule has 1 heterocycles. The molecule has 0 unspecified atom stereocenters. The van der Waals surface area contributed by atoms with Crippen LogP contribution in [0.2, 0.25) is 0 Å². The molecule has 2 aromatic carbocycles. The topological polar surface area (TPSA) is 3.88 Å². The van der Waals surface area contributed by atoms with Crippen LogP contribution in [0, 0.1) is 0 Å². The van der Waals surface area contributed by atoms with Crippen molar-refractivity contribution < 1.29 is 4.57 Å². The first-order valence-electron chi connectivity index (χ1n) is 8.50. The molecule has 1 heteroatoms. The van der Waals surface area contributed by atoms with Gasteiger partial charge in [-0.05, 0) is 42.5 Å². The normalized spacial score (nSPS) is 13.6. The molecule has 0 saturated carbocycles. The molecule has 0 spiro atoms. The van der Waals surface area contributed by atoms with Gasteiger partial charge in [-0.25, -0.2) is 0 Å². The molecule has 1 nitrogen and oxygen atoms in total. The number of rotatable bonds is 2. The van der Waals surface area contributed by atoms with Crippen LogP contribution in [0.5, 0.6) is 0 Å². The summed E-state index contributed by atoms with van der Waals surface area (Å²) in [6.07, 6.45) is 4.99. The van der Waals surface area contributed by atoms with E-state index in [0.29, 0.717) is 0 Å². The number of hydrogen-bond donors (Lipinski definition) is 0. The van der Waals surface area contributed by atoms with Crippen molar-refractivity contribution in [3.63, 3.8) is 0 Å². The van der Waals surface area contributed by atoms with Gasteiger partial charge in [0.2, 0.25) is 5.69 Å². The Hall–Kier alpha value is -2.41. The molecule has 1 aromatic heterocycles. The number of benzene rings is 2. The Labute approximate surface area is 138 Å². The maximum absolute atomic E-state index is 2.41. The van der Waals surface area contributed by atoms with E-state index < -0.39 is 0 Å². The Morgan fingerprint density at radius 3 is 2.04 bits per heavy atom. The fraction of sp³-hybridized carbons (Fsp3) is 0.227. The molecular formula is C22H22N+. The second-order valence-electron chi connectivity index (χ2n) is 6.37. The summed E-state index contributed by atoms with van der Waals surface area (Å²) in [5.41, 5.74) is 8.41. The third-order valence-corrected chi connectivity index (χ3v) is 4.97. The summed E-state index contributed by atoms with van der Waals surface area (Å²) in [5, 5.41) is 0. The fourth-order valence-corrected chi connectivity index (χ4v) is 3.78. The summed E-state index contributed by atoms with van der Waals surface area (Å²) in [5.74, 6) is 0. The van der Waals surface area contributed by atoms with Crippen LogP contribution in [-0.2, 0) is 19.9 Å². The van der Waals surface area contributed by atoms with Crippen LogP contribution >= 0.6 is 0 Å². The minimum atomic E-state index is 1.19. The SMILES string of the molecule is C[n+]1c(-c2ccccc2)cc(-c2ccccc2)c2c1CCCC2. The summed E-state index contributed by atoms with van der Waals surface area (Å²) in [4.78, 5) is 0. The Balaban J connectivity index is 1.99. The van der Waals surface area contributed by atoms with Gasteiger partial charge in [0.1, 0.15) is 7.05 Å². The predicted octanol–water partition coefficient (Wildman–Crippen LogP) is 4.72. The monoisotopic (exact) mass is 300 g/mol. The summed E-state index contributed by atoms with van der Waals surface area (Å²) in [6, 6.07) is 24.0. The maximum atomic E-state index is 2.41. The number of aromatic nitrogens is 1. The van der Waals surface area contributed by atoms with Crippen molar-refractivity contribution >= 4 is 0 Å². The van der Waals surface area contributed by atoms with Crippen molar-refractivity contribution in [1.82, 2.24) is 0 Å². The van der Waals surface area contributed by atoms with Gasteiger partial charge in [-0.3, -0.25) is 0 Å². The summed E-state index contributed by atoms with van der Waals surface area (Å²) in [6.45, 7) is 0. The van der Waals surface area contributed by atoms with Gasteiger partial charge < -0.3 is 0 Å². The number of hydrogen-bond acceptors (Lipinski definition) is 0. The highest BCUT2D eigenvalue weighted by atomic mass is 15.0. The molecule has 0 N–H and O–H groups in total. The second-order valence-corrected chi connectivity index (χ2v) is 6.37. The number of pyridine rings is 1. The fourth-order valence-electron chi connectivity index (χ4n) is 3.78. The molecule has 3 aromatic rings. The smallest absolute Gasteiger partial charge is 0.198 e. The van der Waals surface area contributed by atoms with Crippen LogP contribution in [0.25, 0.3) is 22.4 Å². The highest BCUT2D eigenvalue weighted by molar-refractivity contribution is 5.72. The zero-order chi connectivity index (χ0) is 15.6. The molecule has 0 atom stereocenters.